The first-order valence-corrected chi connectivity index (χ1v) is 9.71. The molecule has 1 unspecified atom stereocenters. The fourth-order valence-corrected chi connectivity index (χ4v) is 4.30. The van der Waals surface area contributed by atoms with Gasteiger partial charge in [-0.1, -0.05) is 23.7 Å². The Morgan fingerprint density at radius 1 is 1.22 bits per heavy atom. The van der Waals surface area contributed by atoms with Crippen LogP contribution in [0.4, 0.5) is 8.78 Å². The van der Waals surface area contributed by atoms with E-state index in [4.69, 9.17) is 16.3 Å². The number of fused-ring (bicyclic) bond motifs is 1. The molecule has 1 heterocycles. The number of benzene rings is 2. The fraction of sp³-hybridized carbons (Fsp3) is 0.235. The van der Waals surface area contributed by atoms with Crippen LogP contribution in [0, 0.1) is 0 Å². The number of nitrogens with one attached hydrogen (secondary N) is 1. The van der Waals surface area contributed by atoms with E-state index < -0.39 is 22.6 Å². The van der Waals surface area contributed by atoms with E-state index in [1.807, 2.05) is 0 Å². The molecular weight excluding hydrogens is 400 g/mol. The number of para-hydroxylation sites is 2. The molecule has 1 atom stereocenters. The first kappa shape index (κ1) is 19.5. The van der Waals surface area contributed by atoms with Gasteiger partial charge < -0.3 is 4.74 Å². The molecule has 0 bridgehead atoms. The van der Waals surface area contributed by atoms with Crippen molar-refractivity contribution in [2.45, 2.75) is 24.4 Å². The zero-order valence-corrected chi connectivity index (χ0v) is 15.9. The van der Waals surface area contributed by atoms with Crippen molar-refractivity contribution < 1.29 is 21.9 Å². The summed E-state index contributed by atoms with van der Waals surface area (Å²) in [7, 11) is -2.77. The number of rotatable bonds is 6. The Morgan fingerprint density at radius 2 is 1.93 bits per heavy atom. The van der Waals surface area contributed by atoms with Crippen LogP contribution >= 0.6 is 11.6 Å². The van der Waals surface area contributed by atoms with Gasteiger partial charge >= 0.3 is 6.55 Å². The molecule has 144 valence electrons. The molecule has 0 saturated carbocycles. The van der Waals surface area contributed by atoms with Crippen molar-refractivity contribution >= 4 is 32.7 Å². The molecule has 3 aromatic rings. The van der Waals surface area contributed by atoms with Crippen LogP contribution in [0.2, 0.25) is 5.02 Å². The van der Waals surface area contributed by atoms with E-state index in [1.54, 1.807) is 18.2 Å². The first-order valence-electron chi connectivity index (χ1n) is 7.85. The fourth-order valence-electron chi connectivity index (χ4n) is 2.79. The molecule has 3 rings (SSSR count). The van der Waals surface area contributed by atoms with E-state index in [1.165, 1.54) is 38.3 Å². The quantitative estimate of drug-likeness (QED) is 0.656. The van der Waals surface area contributed by atoms with Gasteiger partial charge in [0.1, 0.15) is 16.5 Å². The highest BCUT2D eigenvalue weighted by Crippen LogP contribution is 2.30. The van der Waals surface area contributed by atoms with Gasteiger partial charge in [-0.15, -0.1) is 0 Å². The van der Waals surface area contributed by atoms with Crippen LogP contribution in [-0.4, -0.2) is 25.1 Å². The van der Waals surface area contributed by atoms with Gasteiger partial charge in [0.05, 0.1) is 24.2 Å². The molecule has 0 spiro atoms. The van der Waals surface area contributed by atoms with Crippen molar-refractivity contribution in [3.63, 3.8) is 0 Å². The predicted molar refractivity (Wildman–Crippen MR) is 97.7 cm³/mol. The number of aromatic nitrogens is 2. The van der Waals surface area contributed by atoms with E-state index in [0.29, 0.717) is 15.1 Å². The zero-order chi connectivity index (χ0) is 19.8. The molecule has 6 nitrogen and oxygen atoms in total. The minimum Gasteiger partial charge on any atom is -0.495 e. The number of imidazole rings is 1. The third kappa shape index (κ3) is 3.76. The number of sulfonamides is 1. The van der Waals surface area contributed by atoms with Crippen molar-refractivity contribution in [1.82, 2.24) is 14.3 Å². The molecule has 10 heteroatoms. The van der Waals surface area contributed by atoms with E-state index in [9.17, 15) is 17.2 Å². The lowest BCUT2D eigenvalue weighted by atomic mass is 10.3. The standard InChI is InChI=1S/C17H16ClF2N3O3S/c1-10(16-21-12-5-3-4-6-13(12)23(16)17(19)20)22-27(24,25)15-8-7-11(18)9-14(15)26-2/h3-10,17,22H,1-2H3. The van der Waals surface area contributed by atoms with Gasteiger partial charge in [0.2, 0.25) is 10.0 Å². The molecule has 27 heavy (non-hydrogen) atoms. The summed E-state index contributed by atoms with van der Waals surface area (Å²) in [6.45, 7) is -1.43. The van der Waals surface area contributed by atoms with Crippen LogP contribution < -0.4 is 9.46 Å². The number of methoxy groups -OCH3 is 1. The molecule has 0 aliphatic heterocycles. The highest BCUT2D eigenvalue weighted by Gasteiger charge is 2.27. The van der Waals surface area contributed by atoms with Crippen LogP contribution in [0.3, 0.4) is 0 Å². The summed E-state index contributed by atoms with van der Waals surface area (Å²) in [6.07, 6.45) is 0. The second-order valence-corrected chi connectivity index (χ2v) is 7.86. The monoisotopic (exact) mass is 415 g/mol. The van der Waals surface area contributed by atoms with Crippen molar-refractivity contribution in [1.29, 1.82) is 0 Å². The van der Waals surface area contributed by atoms with Gasteiger partial charge in [-0.2, -0.15) is 8.78 Å². The molecule has 1 aromatic heterocycles. The molecule has 0 fully saturated rings. The summed E-state index contributed by atoms with van der Waals surface area (Å²) in [5, 5.41) is 0.304. The minimum absolute atomic E-state index is 0.0459. The highest BCUT2D eigenvalue weighted by atomic mass is 35.5. The van der Waals surface area contributed by atoms with Crippen LogP contribution in [-0.2, 0) is 10.0 Å². The van der Waals surface area contributed by atoms with Gasteiger partial charge in [-0.05, 0) is 31.2 Å². The maximum Gasteiger partial charge on any atom is 0.320 e. The van der Waals surface area contributed by atoms with E-state index in [2.05, 4.69) is 9.71 Å². The minimum atomic E-state index is -4.08. The van der Waals surface area contributed by atoms with E-state index in [0.717, 1.165) is 0 Å². The molecule has 0 aliphatic carbocycles. The van der Waals surface area contributed by atoms with Crippen molar-refractivity contribution in [2.24, 2.45) is 0 Å². The maximum absolute atomic E-state index is 13.6. The number of ether oxygens (including phenoxy) is 1. The molecule has 0 aliphatic rings. The summed E-state index contributed by atoms with van der Waals surface area (Å²) >= 11 is 5.86. The Hall–Kier alpha value is -2.23. The van der Waals surface area contributed by atoms with Gasteiger partial charge in [-0.3, -0.25) is 4.57 Å². The SMILES string of the molecule is COc1cc(Cl)ccc1S(=O)(=O)NC(C)c1nc2ccccc2n1C(F)F. The summed E-state index contributed by atoms with van der Waals surface area (Å²) in [6, 6.07) is 9.39. The summed E-state index contributed by atoms with van der Waals surface area (Å²) < 4.78 is 60.8. The van der Waals surface area contributed by atoms with Crippen LogP contribution in [0.15, 0.2) is 47.4 Å². The number of halogens is 3. The van der Waals surface area contributed by atoms with Gasteiger partial charge in [0.15, 0.2) is 0 Å². The van der Waals surface area contributed by atoms with E-state index in [-0.39, 0.29) is 22.0 Å². The van der Waals surface area contributed by atoms with Gasteiger partial charge in [0.25, 0.3) is 0 Å². The normalized spacial score (nSPS) is 13.3. The lowest BCUT2D eigenvalue weighted by molar-refractivity contribution is 0.0702. The maximum atomic E-state index is 13.6. The van der Waals surface area contributed by atoms with Gasteiger partial charge in [0, 0.05) is 11.1 Å². The Morgan fingerprint density at radius 3 is 2.59 bits per heavy atom. The summed E-state index contributed by atoms with van der Waals surface area (Å²) in [4.78, 5) is 4.02. The average Bonchev–Trinajstić information content (AvgIpc) is 3.01. The summed E-state index contributed by atoms with van der Waals surface area (Å²) in [5.41, 5.74) is 0.570. The Bertz CT molecular complexity index is 1090. The predicted octanol–water partition coefficient (Wildman–Crippen LogP) is 4.13. The van der Waals surface area contributed by atoms with Crippen LogP contribution in [0.1, 0.15) is 25.3 Å². The molecule has 1 N–H and O–H groups in total. The Balaban J connectivity index is 2.01. The topological polar surface area (TPSA) is 73.2 Å². The number of hydrogen-bond acceptors (Lipinski definition) is 4. The van der Waals surface area contributed by atoms with Gasteiger partial charge in [-0.25, -0.2) is 18.1 Å². The van der Waals surface area contributed by atoms with Crippen molar-refractivity contribution in [3.8, 4) is 5.75 Å². The van der Waals surface area contributed by atoms with E-state index >= 15 is 0 Å². The average molecular weight is 416 g/mol. The van der Waals surface area contributed by atoms with Crippen molar-refractivity contribution in [3.05, 3.63) is 53.3 Å². The summed E-state index contributed by atoms with van der Waals surface area (Å²) in [5.74, 6) is -0.0488. The second kappa shape index (κ2) is 7.41. The zero-order valence-electron chi connectivity index (χ0n) is 14.4. The molecule has 0 saturated heterocycles. The second-order valence-electron chi connectivity index (χ2n) is 5.74. The number of nitrogens with zero attached hydrogens (tertiary/aromatic N) is 2. The Labute approximate surface area is 159 Å². The number of alkyl halides is 2. The van der Waals surface area contributed by atoms with Crippen LogP contribution in [0.25, 0.3) is 11.0 Å². The van der Waals surface area contributed by atoms with Crippen LogP contribution in [0.5, 0.6) is 5.75 Å². The lowest BCUT2D eigenvalue weighted by Gasteiger charge is -2.17. The molecule has 2 aromatic carbocycles. The first-order chi connectivity index (χ1) is 12.7. The largest absolute Gasteiger partial charge is 0.495 e. The van der Waals surface area contributed by atoms with Crippen molar-refractivity contribution in [2.75, 3.05) is 7.11 Å². The molecule has 0 radical (unpaired) electrons. The molecular formula is C17H16ClF2N3O3S. The number of hydrogen-bond donors (Lipinski definition) is 1. The highest BCUT2D eigenvalue weighted by molar-refractivity contribution is 7.89. The Kier molecular flexibility index (Phi) is 5.36. The lowest BCUT2D eigenvalue weighted by Crippen LogP contribution is -2.29. The third-order valence-electron chi connectivity index (χ3n) is 3.95. The smallest absolute Gasteiger partial charge is 0.320 e. The molecule has 0 amide bonds. The third-order valence-corrected chi connectivity index (χ3v) is 5.77.